The van der Waals surface area contributed by atoms with E-state index in [1.54, 1.807) is 13.0 Å². The Bertz CT molecular complexity index is 500. The molecule has 0 amide bonds. The van der Waals surface area contributed by atoms with E-state index in [1.165, 1.54) is 12.1 Å². The summed E-state index contributed by atoms with van der Waals surface area (Å²) < 4.78 is 13.3. The van der Waals surface area contributed by atoms with Crippen LogP contribution in [0.25, 0.3) is 0 Å². The summed E-state index contributed by atoms with van der Waals surface area (Å²) in [6, 6.07) is 2.78. The van der Waals surface area contributed by atoms with Gasteiger partial charge >= 0.3 is 0 Å². The van der Waals surface area contributed by atoms with Gasteiger partial charge in [-0.2, -0.15) is 4.99 Å². The Morgan fingerprint density at radius 1 is 1.50 bits per heavy atom. The molecule has 1 fully saturated rings. The molecule has 1 saturated carbocycles. The Labute approximate surface area is 92.0 Å². The number of aryl methyl sites for hydroxylation is 1. The van der Waals surface area contributed by atoms with Gasteiger partial charge in [-0.1, -0.05) is 0 Å². The number of hydrogen-bond acceptors (Lipinski definition) is 3. The second-order valence-corrected chi connectivity index (χ2v) is 4.04. The molecule has 1 aliphatic carbocycles. The van der Waals surface area contributed by atoms with Crippen LogP contribution < -0.4 is 0 Å². The lowest BCUT2D eigenvalue weighted by molar-refractivity contribution is 0.112. The standard InChI is InChI=1S/C12H10FNO2/c1-8-4-10(9(6-15)5-11(8)13)12(2-3-12)14-7-16/h4-6H,2-3H2,1H3. The zero-order valence-corrected chi connectivity index (χ0v) is 8.79. The minimum atomic E-state index is -0.629. The van der Waals surface area contributed by atoms with E-state index < -0.39 is 11.4 Å². The first-order valence-corrected chi connectivity index (χ1v) is 4.98. The highest BCUT2D eigenvalue weighted by molar-refractivity contribution is 5.79. The topological polar surface area (TPSA) is 46.5 Å². The van der Waals surface area contributed by atoms with E-state index in [-0.39, 0.29) is 5.56 Å². The molecule has 0 heterocycles. The molecule has 1 aliphatic rings. The molecule has 0 saturated heterocycles. The number of isocyanates is 1. The number of rotatable bonds is 3. The van der Waals surface area contributed by atoms with E-state index in [4.69, 9.17) is 0 Å². The average molecular weight is 219 g/mol. The fraction of sp³-hybridized carbons (Fsp3) is 0.333. The van der Waals surface area contributed by atoms with Crippen molar-refractivity contribution in [3.05, 3.63) is 34.6 Å². The van der Waals surface area contributed by atoms with E-state index in [0.29, 0.717) is 30.3 Å². The van der Waals surface area contributed by atoms with Gasteiger partial charge in [0.25, 0.3) is 0 Å². The summed E-state index contributed by atoms with van der Waals surface area (Å²) >= 11 is 0. The lowest BCUT2D eigenvalue weighted by atomic mass is 9.97. The van der Waals surface area contributed by atoms with Crippen LogP contribution in [0.1, 0.15) is 34.3 Å². The number of hydrogen-bond donors (Lipinski definition) is 0. The molecule has 82 valence electrons. The summed E-state index contributed by atoms with van der Waals surface area (Å²) in [6.45, 7) is 1.62. The van der Waals surface area contributed by atoms with Crippen molar-refractivity contribution in [1.82, 2.24) is 0 Å². The van der Waals surface area contributed by atoms with Gasteiger partial charge in [0, 0.05) is 5.56 Å². The highest BCUT2D eigenvalue weighted by Gasteiger charge is 2.46. The monoisotopic (exact) mass is 219 g/mol. The molecule has 0 bridgehead atoms. The molecule has 1 aromatic carbocycles. The molecule has 2 rings (SSSR count). The number of aliphatic imine (C=N–C) groups is 1. The maximum atomic E-state index is 13.3. The fourth-order valence-corrected chi connectivity index (χ4v) is 1.84. The van der Waals surface area contributed by atoms with E-state index >= 15 is 0 Å². The van der Waals surface area contributed by atoms with Gasteiger partial charge in [0.15, 0.2) is 6.29 Å². The number of carbonyl (C=O) groups is 1. The van der Waals surface area contributed by atoms with Crippen molar-refractivity contribution in [3.63, 3.8) is 0 Å². The molecule has 0 atom stereocenters. The third kappa shape index (κ3) is 1.57. The van der Waals surface area contributed by atoms with Gasteiger partial charge in [-0.15, -0.1) is 0 Å². The van der Waals surface area contributed by atoms with Crippen molar-refractivity contribution in [2.75, 3.05) is 0 Å². The molecule has 4 heteroatoms. The van der Waals surface area contributed by atoms with E-state index in [1.807, 2.05) is 0 Å². The number of aldehydes is 1. The number of benzene rings is 1. The first-order chi connectivity index (χ1) is 7.63. The largest absolute Gasteiger partial charge is 0.298 e. The maximum absolute atomic E-state index is 13.3. The fourth-order valence-electron chi connectivity index (χ4n) is 1.84. The minimum absolute atomic E-state index is 0.264. The van der Waals surface area contributed by atoms with Gasteiger partial charge in [0.2, 0.25) is 6.08 Å². The normalized spacial score (nSPS) is 16.4. The van der Waals surface area contributed by atoms with Crippen molar-refractivity contribution in [2.24, 2.45) is 4.99 Å². The van der Waals surface area contributed by atoms with Gasteiger partial charge in [0.1, 0.15) is 5.82 Å². The molecular formula is C12H10FNO2. The van der Waals surface area contributed by atoms with Crippen LogP contribution in [0.15, 0.2) is 17.1 Å². The summed E-state index contributed by atoms with van der Waals surface area (Å²) in [7, 11) is 0. The van der Waals surface area contributed by atoms with Crippen molar-refractivity contribution in [1.29, 1.82) is 0 Å². The lowest BCUT2D eigenvalue weighted by Crippen LogP contribution is -2.08. The van der Waals surface area contributed by atoms with Gasteiger partial charge in [-0.3, -0.25) is 4.79 Å². The van der Waals surface area contributed by atoms with Crippen LogP contribution in [-0.4, -0.2) is 12.4 Å². The molecule has 0 N–H and O–H groups in total. The summed E-state index contributed by atoms with van der Waals surface area (Å²) in [5, 5.41) is 0. The van der Waals surface area contributed by atoms with Crippen molar-refractivity contribution < 1.29 is 14.0 Å². The molecule has 0 aromatic heterocycles. The first kappa shape index (κ1) is 10.7. The third-order valence-electron chi connectivity index (χ3n) is 2.94. The summed E-state index contributed by atoms with van der Waals surface area (Å²) in [5.74, 6) is -0.420. The number of halogens is 1. The number of nitrogens with zero attached hydrogens (tertiary/aromatic N) is 1. The molecule has 1 aromatic rings. The molecule has 0 radical (unpaired) electrons. The Balaban J connectivity index is 2.60. The SMILES string of the molecule is Cc1cc(C2(N=C=O)CC2)c(C=O)cc1F. The van der Waals surface area contributed by atoms with Gasteiger partial charge < -0.3 is 0 Å². The van der Waals surface area contributed by atoms with Crippen LogP contribution in [-0.2, 0) is 10.3 Å². The van der Waals surface area contributed by atoms with E-state index in [2.05, 4.69) is 4.99 Å². The second kappa shape index (κ2) is 3.65. The zero-order chi connectivity index (χ0) is 11.8. The summed E-state index contributed by atoms with van der Waals surface area (Å²) in [4.78, 5) is 24.9. The van der Waals surface area contributed by atoms with Crippen molar-refractivity contribution >= 4 is 12.4 Å². The molecule has 0 aliphatic heterocycles. The smallest absolute Gasteiger partial charge is 0.235 e. The van der Waals surface area contributed by atoms with Crippen LogP contribution in [0.3, 0.4) is 0 Å². The molecule has 16 heavy (non-hydrogen) atoms. The van der Waals surface area contributed by atoms with E-state index in [0.717, 1.165) is 0 Å². The van der Waals surface area contributed by atoms with Crippen LogP contribution in [0.5, 0.6) is 0 Å². The average Bonchev–Trinajstić information content (AvgIpc) is 3.03. The number of carbonyl (C=O) groups excluding carboxylic acids is 2. The minimum Gasteiger partial charge on any atom is -0.298 e. The van der Waals surface area contributed by atoms with Gasteiger partial charge in [-0.05, 0) is 43.0 Å². The highest BCUT2D eigenvalue weighted by Crippen LogP contribution is 2.50. The summed E-state index contributed by atoms with van der Waals surface area (Å²) in [5.41, 5.74) is 0.716. The Morgan fingerprint density at radius 2 is 2.19 bits per heavy atom. The van der Waals surface area contributed by atoms with Crippen LogP contribution >= 0.6 is 0 Å². The Hall–Kier alpha value is -1.80. The van der Waals surface area contributed by atoms with Crippen LogP contribution in [0.2, 0.25) is 0 Å². The van der Waals surface area contributed by atoms with Crippen LogP contribution in [0, 0.1) is 12.7 Å². The maximum Gasteiger partial charge on any atom is 0.235 e. The molecular weight excluding hydrogens is 209 g/mol. The third-order valence-corrected chi connectivity index (χ3v) is 2.94. The van der Waals surface area contributed by atoms with Crippen LogP contribution in [0.4, 0.5) is 4.39 Å². The second-order valence-electron chi connectivity index (χ2n) is 4.04. The lowest BCUT2D eigenvalue weighted by Gasteiger charge is -2.12. The predicted molar refractivity (Wildman–Crippen MR) is 55.6 cm³/mol. The van der Waals surface area contributed by atoms with E-state index in [9.17, 15) is 14.0 Å². The Kier molecular flexibility index (Phi) is 2.44. The van der Waals surface area contributed by atoms with Gasteiger partial charge in [-0.25, -0.2) is 9.18 Å². The Morgan fingerprint density at radius 3 is 2.69 bits per heavy atom. The van der Waals surface area contributed by atoms with Gasteiger partial charge in [0.05, 0.1) is 5.54 Å². The molecule has 0 spiro atoms. The molecule has 3 nitrogen and oxygen atoms in total. The zero-order valence-electron chi connectivity index (χ0n) is 8.79. The molecule has 0 unspecified atom stereocenters. The predicted octanol–water partition coefficient (Wildman–Crippen LogP) is 2.27. The first-order valence-electron chi connectivity index (χ1n) is 4.98. The summed E-state index contributed by atoms with van der Waals surface area (Å²) in [6.07, 6.45) is 3.52. The quantitative estimate of drug-likeness (QED) is 0.444. The van der Waals surface area contributed by atoms with Crippen molar-refractivity contribution in [3.8, 4) is 0 Å². The highest BCUT2D eigenvalue weighted by atomic mass is 19.1. The van der Waals surface area contributed by atoms with Crippen molar-refractivity contribution in [2.45, 2.75) is 25.3 Å².